The normalized spacial score (nSPS) is 11.5. The number of carbonyl (C=O) groups is 1. The second-order valence-corrected chi connectivity index (χ2v) is 13.0. The van der Waals surface area contributed by atoms with Gasteiger partial charge in [-0.1, -0.05) is 104 Å². The van der Waals surface area contributed by atoms with Crippen LogP contribution in [0.2, 0.25) is 0 Å². The molecule has 233 valence electrons. The van der Waals surface area contributed by atoms with Crippen LogP contribution in [-0.4, -0.2) is 10.9 Å². The number of rotatable bonds is 5. The van der Waals surface area contributed by atoms with E-state index in [1.54, 1.807) is 0 Å². The summed E-state index contributed by atoms with van der Waals surface area (Å²) in [7, 11) is 4.62. The molecule has 5 heteroatoms. The topological polar surface area (TPSA) is 41.2 Å². The smallest absolute Gasteiger partial charge is 0.155 e. The Morgan fingerprint density at radius 1 is 0.891 bits per heavy atom. The molecule has 1 N–H and O–H groups in total. The molecule has 0 unspecified atom stereocenters. The first-order valence-corrected chi connectivity index (χ1v) is 16.0. The van der Waals surface area contributed by atoms with Gasteiger partial charge >= 0.3 is 0 Å². The third-order valence-corrected chi connectivity index (χ3v) is 9.09. The maximum absolute atomic E-state index is 10.0. The SMILES string of the molecule is CC(=O)/C=C(/C)O.[CH2-][n+]1c(-c2[c-]c(CC(C)C)cc3c2sc2ccccc23)cc(-c2ccccc2)c2c3ccccc3ccc21.[Ir]. The van der Waals surface area contributed by atoms with Crippen LogP contribution in [0.25, 0.3) is 64.2 Å². The van der Waals surface area contributed by atoms with Crippen molar-refractivity contribution in [2.45, 2.75) is 34.1 Å². The van der Waals surface area contributed by atoms with E-state index < -0.39 is 0 Å². The summed E-state index contributed by atoms with van der Waals surface area (Å²) in [5, 5.41) is 14.7. The predicted molar refractivity (Wildman–Crippen MR) is 191 cm³/mol. The Morgan fingerprint density at radius 2 is 1.57 bits per heavy atom. The molecule has 0 atom stereocenters. The van der Waals surface area contributed by atoms with Gasteiger partial charge in [-0.15, -0.1) is 17.7 Å². The number of benzene rings is 5. The first kappa shape index (κ1) is 33.1. The Kier molecular flexibility index (Phi) is 10.1. The Balaban J connectivity index is 0.000000471. The molecule has 7 aromatic rings. The molecule has 2 heterocycles. The van der Waals surface area contributed by atoms with Crippen molar-refractivity contribution in [2.24, 2.45) is 5.92 Å². The minimum Gasteiger partial charge on any atom is -0.512 e. The molecule has 0 bridgehead atoms. The van der Waals surface area contributed by atoms with Crippen molar-refractivity contribution in [3.8, 4) is 22.4 Å². The van der Waals surface area contributed by atoms with Crippen molar-refractivity contribution < 1.29 is 34.6 Å². The summed E-state index contributed by atoms with van der Waals surface area (Å²) in [6.45, 7) is 7.40. The molecule has 46 heavy (non-hydrogen) atoms. The molecule has 0 saturated heterocycles. The van der Waals surface area contributed by atoms with E-state index in [0.717, 1.165) is 23.2 Å². The molecule has 0 aliphatic rings. The number of carbonyl (C=O) groups excluding carboxylic acids is 1. The summed E-state index contributed by atoms with van der Waals surface area (Å²) in [6.07, 6.45) is 2.16. The first-order valence-electron chi connectivity index (χ1n) is 15.2. The van der Waals surface area contributed by atoms with Crippen LogP contribution in [0.3, 0.4) is 0 Å². The molecule has 3 nitrogen and oxygen atoms in total. The van der Waals surface area contributed by atoms with Crippen LogP contribution in [-0.2, 0) is 31.3 Å². The number of pyridine rings is 1. The zero-order valence-corrected chi connectivity index (χ0v) is 29.6. The van der Waals surface area contributed by atoms with Gasteiger partial charge in [-0.2, -0.15) is 11.3 Å². The molecule has 1 radical (unpaired) electrons. The zero-order valence-electron chi connectivity index (χ0n) is 26.4. The number of hydrogen-bond donors (Lipinski definition) is 1. The van der Waals surface area contributed by atoms with Gasteiger partial charge < -0.3 is 9.67 Å². The van der Waals surface area contributed by atoms with E-state index in [0.29, 0.717) is 5.92 Å². The average molecular weight is 799 g/mol. The fourth-order valence-corrected chi connectivity index (χ4v) is 7.27. The van der Waals surface area contributed by atoms with Gasteiger partial charge in [0.15, 0.2) is 5.78 Å². The van der Waals surface area contributed by atoms with Crippen molar-refractivity contribution in [2.75, 3.05) is 0 Å². The van der Waals surface area contributed by atoms with E-state index in [4.69, 9.17) is 5.11 Å². The molecule has 7 rings (SSSR count). The number of aliphatic hydroxyl groups excluding tert-OH is 1. The zero-order chi connectivity index (χ0) is 31.7. The minimum absolute atomic E-state index is 0. The van der Waals surface area contributed by atoms with E-state index in [2.05, 4.69) is 135 Å². The quantitative estimate of drug-likeness (QED) is 0.0620. The largest absolute Gasteiger partial charge is 0.512 e. The number of fused-ring (bicyclic) bond motifs is 6. The first-order chi connectivity index (χ1) is 21.7. The molecule has 0 spiro atoms. The number of aromatic nitrogens is 1. The average Bonchev–Trinajstić information content (AvgIpc) is 3.39. The van der Waals surface area contributed by atoms with Crippen LogP contribution in [0.15, 0.2) is 115 Å². The Morgan fingerprint density at radius 3 is 2.24 bits per heavy atom. The van der Waals surface area contributed by atoms with E-state index in [-0.39, 0.29) is 31.6 Å². The van der Waals surface area contributed by atoms with Gasteiger partial charge in [-0.3, -0.25) is 4.79 Å². The molecular formula is C41H36IrNO2S-. The summed E-state index contributed by atoms with van der Waals surface area (Å²) in [5.74, 6) is 0.490. The Bertz CT molecular complexity index is 2230. The van der Waals surface area contributed by atoms with E-state index in [9.17, 15) is 4.79 Å². The molecule has 0 amide bonds. The number of nitrogens with zero attached hydrogens (tertiary/aromatic N) is 1. The van der Waals surface area contributed by atoms with Gasteiger partial charge in [0, 0.05) is 43.3 Å². The molecular weight excluding hydrogens is 763 g/mol. The number of aliphatic hydroxyl groups is 1. The summed E-state index contributed by atoms with van der Waals surface area (Å²) in [6, 6.07) is 41.1. The van der Waals surface area contributed by atoms with E-state index in [1.807, 2.05) is 11.3 Å². The van der Waals surface area contributed by atoms with Gasteiger partial charge in [0.2, 0.25) is 0 Å². The Labute approximate surface area is 288 Å². The van der Waals surface area contributed by atoms with Crippen LogP contribution < -0.4 is 4.57 Å². The second kappa shape index (κ2) is 14.0. The maximum atomic E-state index is 10.0. The molecule has 0 fully saturated rings. The molecule has 0 aliphatic carbocycles. The standard InChI is InChI=1S/C36H28NS.C5H8O2.Ir/c1-23(2)19-24-20-30-28-15-9-10-16-34(28)38-36(30)31(21-24)33-22-29(25-11-5-4-6-12-25)35-27-14-8-7-13-26(27)17-18-32(35)37(33)3;1-4(6)3-5(2)7;/h4-18,20,22-23H,3,19H2,1-2H3;3,6H,1-2H3;/q-1;;/b;4-3-;. The fourth-order valence-electron chi connectivity index (χ4n) is 6.08. The molecule has 0 aliphatic heterocycles. The van der Waals surface area contributed by atoms with Gasteiger partial charge in [0.05, 0.1) is 5.76 Å². The van der Waals surface area contributed by atoms with Gasteiger partial charge in [-0.05, 0) is 76.4 Å². The van der Waals surface area contributed by atoms with Gasteiger partial charge in [0.25, 0.3) is 0 Å². The number of hydrogen-bond acceptors (Lipinski definition) is 3. The van der Waals surface area contributed by atoms with E-state index >= 15 is 0 Å². The summed E-state index contributed by atoms with van der Waals surface area (Å²) in [5.41, 5.74) is 7.05. The van der Waals surface area contributed by atoms with Gasteiger partial charge in [-0.25, -0.2) is 0 Å². The number of ketones is 1. The predicted octanol–water partition coefficient (Wildman–Crippen LogP) is 10.7. The monoisotopic (exact) mass is 799 g/mol. The van der Waals surface area contributed by atoms with Crippen LogP contribution in [0.4, 0.5) is 0 Å². The van der Waals surface area contributed by atoms with Crippen LogP contribution >= 0.6 is 11.3 Å². The maximum Gasteiger partial charge on any atom is 0.155 e. The van der Waals surface area contributed by atoms with Crippen molar-refractivity contribution in [3.05, 3.63) is 134 Å². The van der Waals surface area contributed by atoms with Gasteiger partial charge in [0.1, 0.15) is 11.2 Å². The Hall–Kier alpha value is -4.28. The summed E-state index contributed by atoms with van der Waals surface area (Å²) < 4.78 is 4.71. The second-order valence-electron chi connectivity index (χ2n) is 11.9. The third kappa shape index (κ3) is 6.64. The number of allylic oxidation sites excluding steroid dienone is 2. The molecule has 0 saturated carbocycles. The molecule has 2 aromatic heterocycles. The minimum atomic E-state index is -0.125. The number of thiophene rings is 1. The van der Waals surface area contributed by atoms with Crippen molar-refractivity contribution in [3.63, 3.8) is 0 Å². The van der Waals surface area contributed by atoms with Crippen LogP contribution in [0.1, 0.15) is 33.3 Å². The third-order valence-electron chi connectivity index (χ3n) is 7.89. The summed E-state index contributed by atoms with van der Waals surface area (Å²) in [4.78, 5) is 10.0. The van der Waals surface area contributed by atoms with Crippen LogP contribution in [0.5, 0.6) is 0 Å². The van der Waals surface area contributed by atoms with Crippen molar-refractivity contribution in [1.82, 2.24) is 0 Å². The van der Waals surface area contributed by atoms with Crippen LogP contribution in [0, 0.1) is 19.0 Å². The summed E-state index contributed by atoms with van der Waals surface area (Å²) >= 11 is 1.86. The van der Waals surface area contributed by atoms with Crippen molar-refractivity contribution in [1.29, 1.82) is 0 Å². The molecule has 5 aromatic carbocycles. The van der Waals surface area contributed by atoms with Crippen molar-refractivity contribution >= 4 is 59.0 Å². The fraction of sp³-hybridized carbons (Fsp3) is 0.146. The van der Waals surface area contributed by atoms with E-state index in [1.165, 1.54) is 72.9 Å².